The van der Waals surface area contributed by atoms with Crippen molar-refractivity contribution in [1.82, 2.24) is 9.78 Å². The van der Waals surface area contributed by atoms with Gasteiger partial charge in [-0.15, -0.1) is 0 Å². The lowest BCUT2D eigenvalue weighted by Gasteiger charge is -2.14. The number of alkyl halides is 3. The lowest BCUT2D eigenvalue weighted by molar-refractivity contribution is -0.137. The van der Waals surface area contributed by atoms with Crippen LogP contribution in [0.5, 0.6) is 0 Å². The van der Waals surface area contributed by atoms with Crippen molar-refractivity contribution in [1.29, 1.82) is 0 Å². The summed E-state index contributed by atoms with van der Waals surface area (Å²) >= 11 is 12.0. The lowest BCUT2D eigenvalue weighted by atomic mass is 10.2. The predicted octanol–water partition coefficient (Wildman–Crippen LogP) is 4.94. The normalized spacial score (nSPS) is 11.6. The van der Waals surface area contributed by atoms with Crippen LogP contribution in [0.25, 0.3) is 5.69 Å². The van der Waals surface area contributed by atoms with Crippen molar-refractivity contribution in [2.75, 3.05) is 6.61 Å². The molecule has 130 valence electrons. The molecule has 0 amide bonds. The highest BCUT2D eigenvalue weighted by atomic mass is 35.5. The molecular weight excluding hydrogens is 368 g/mol. The number of halogens is 5. The van der Waals surface area contributed by atoms with E-state index < -0.39 is 17.7 Å². The van der Waals surface area contributed by atoms with Crippen molar-refractivity contribution in [3.63, 3.8) is 0 Å². The third-order valence-electron chi connectivity index (χ3n) is 3.16. The third-order valence-corrected chi connectivity index (χ3v) is 3.74. The van der Waals surface area contributed by atoms with E-state index in [4.69, 9.17) is 27.9 Å². The monoisotopic (exact) mass is 380 g/mol. The lowest BCUT2D eigenvalue weighted by Crippen LogP contribution is -2.13. The summed E-state index contributed by atoms with van der Waals surface area (Å²) in [6.07, 6.45) is -4.08. The van der Waals surface area contributed by atoms with Gasteiger partial charge in [0.15, 0.2) is 5.69 Å². The van der Waals surface area contributed by atoms with E-state index in [-0.39, 0.29) is 28.0 Å². The Bertz CT molecular complexity index is 750. The van der Waals surface area contributed by atoms with E-state index in [2.05, 4.69) is 5.10 Å². The van der Waals surface area contributed by atoms with Crippen molar-refractivity contribution in [2.45, 2.75) is 26.4 Å². The zero-order valence-electron chi connectivity index (χ0n) is 12.7. The zero-order chi connectivity index (χ0) is 18.1. The van der Waals surface area contributed by atoms with Crippen LogP contribution in [0, 0.1) is 0 Å². The van der Waals surface area contributed by atoms with Crippen LogP contribution in [0.1, 0.15) is 35.6 Å². The number of aromatic nitrogens is 2. The number of carbonyl (C=O) groups is 1. The Morgan fingerprint density at radius 2 is 1.79 bits per heavy atom. The van der Waals surface area contributed by atoms with Crippen LogP contribution in [0.3, 0.4) is 0 Å². The molecule has 0 bridgehead atoms. The molecule has 0 spiro atoms. The first-order valence-electron chi connectivity index (χ1n) is 7.01. The largest absolute Gasteiger partial charge is 0.461 e. The first-order chi connectivity index (χ1) is 11.2. The maximum atomic E-state index is 12.8. The minimum absolute atomic E-state index is 0.00548. The summed E-state index contributed by atoms with van der Waals surface area (Å²) in [7, 11) is 0. The number of esters is 1. The van der Waals surface area contributed by atoms with E-state index in [1.54, 1.807) is 6.92 Å². The van der Waals surface area contributed by atoms with E-state index in [0.29, 0.717) is 12.1 Å². The number of hydrogen-bond donors (Lipinski definition) is 0. The molecule has 4 nitrogen and oxygen atoms in total. The molecule has 0 atom stereocenters. The fourth-order valence-corrected chi connectivity index (χ4v) is 2.70. The third kappa shape index (κ3) is 3.67. The summed E-state index contributed by atoms with van der Waals surface area (Å²) in [4.78, 5) is 12.1. The molecule has 2 rings (SSSR count). The number of hydrogen-bond acceptors (Lipinski definition) is 3. The number of carbonyl (C=O) groups excluding carboxylic acids is 1. The van der Waals surface area contributed by atoms with Gasteiger partial charge in [-0.3, -0.25) is 0 Å². The van der Waals surface area contributed by atoms with Crippen molar-refractivity contribution in [2.24, 2.45) is 0 Å². The van der Waals surface area contributed by atoms with Crippen molar-refractivity contribution >= 4 is 29.2 Å². The molecule has 1 aromatic carbocycles. The van der Waals surface area contributed by atoms with Gasteiger partial charge in [-0.1, -0.05) is 30.1 Å². The van der Waals surface area contributed by atoms with Crippen LogP contribution < -0.4 is 0 Å². The summed E-state index contributed by atoms with van der Waals surface area (Å²) in [5, 5.41) is 3.64. The number of nitrogens with zero attached hydrogens (tertiary/aromatic N) is 2. The standard InChI is InChI=1S/C15H13Cl2F3N2O2/c1-3-9-7-12(14(23)24-4-2)22(21-9)13-10(16)5-8(6-11(13)17)15(18,19)20/h5-7H,3-4H2,1-2H3. The molecule has 0 aliphatic rings. The van der Waals surface area contributed by atoms with E-state index >= 15 is 0 Å². The van der Waals surface area contributed by atoms with E-state index in [9.17, 15) is 18.0 Å². The molecule has 24 heavy (non-hydrogen) atoms. The zero-order valence-corrected chi connectivity index (χ0v) is 14.3. The molecule has 0 aliphatic heterocycles. The van der Waals surface area contributed by atoms with Crippen LogP contribution in [0.15, 0.2) is 18.2 Å². The first-order valence-corrected chi connectivity index (χ1v) is 7.77. The van der Waals surface area contributed by atoms with E-state index in [1.807, 2.05) is 6.92 Å². The molecular formula is C15H13Cl2F3N2O2. The molecule has 0 fully saturated rings. The van der Waals surface area contributed by atoms with Gasteiger partial charge in [-0.2, -0.15) is 18.3 Å². The Kier molecular flexibility index (Phi) is 5.45. The highest BCUT2D eigenvalue weighted by Gasteiger charge is 2.33. The fourth-order valence-electron chi connectivity index (χ4n) is 2.06. The molecule has 0 radical (unpaired) electrons. The Hall–Kier alpha value is -1.73. The summed E-state index contributed by atoms with van der Waals surface area (Å²) in [5.41, 5.74) is -0.404. The second-order valence-electron chi connectivity index (χ2n) is 4.79. The Balaban J connectivity index is 2.64. The SMILES string of the molecule is CCOC(=O)c1cc(CC)nn1-c1c(Cl)cc(C(F)(F)F)cc1Cl. The van der Waals surface area contributed by atoms with Crippen LogP contribution in [0.4, 0.5) is 13.2 Å². The summed E-state index contributed by atoms with van der Waals surface area (Å²) in [5.74, 6) is -0.670. The highest BCUT2D eigenvalue weighted by molar-refractivity contribution is 6.38. The fraction of sp³-hybridized carbons (Fsp3) is 0.333. The van der Waals surface area contributed by atoms with E-state index in [1.165, 1.54) is 6.07 Å². The second kappa shape index (κ2) is 7.03. The van der Waals surface area contributed by atoms with Gasteiger partial charge in [0.25, 0.3) is 0 Å². The van der Waals surface area contributed by atoms with Gasteiger partial charge >= 0.3 is 12.1 Å². The molecule has 0 saturated heterocycles. The second-order valence-corrected chi connectivity index (χ2v) is 5.61. The smallest absolute Gasteiger partial charge is 0.416 e. The van der Waals surface area contributed by atoms with Crippen molar-refractivity contribution in [3.8, 4) is 5.69 Å². The minimum atomic E-state index is -4.59. The van der Waals surface area contributed by atoms with Gasteiger partial charge < -0.3 is 4.74 Å². The number of rotatable bonds is 4. The van der Waals surface area contributed by atoms with Gasteiger partial charge in [-0.25, -0.2) is 9.48 Å². The molecule has 1 heterocycles. The van der Waals surface area contributed by atoms with Crippen molar-refractivity contribution < 1.29 is 22.7 Å². The van der Waals surface area contributed by atoms with Crippen LogP contribution >= 0.6 is 23.2 Å². The Morgan fingerprint density at radius 1 is 1.21 bits per heavy atom. The molecule has 0 unspecified atom stereocenters. The molecule has 0 aliphatic carbocycles. The topological polar surface area (TPSA) is 44.1 Å². The molecule has 1 aromatic heterocycles. The number of aryl methyl sites for hydroxylation is 1. The van der Waals surface area contributed by atoms with Gasteiger partial charge in [0.1, 0.15) is 5.69 Å². The minimum Gasteiger partial charge on any atom is -0.461 e. The first kappa shape index (κ1) is 18.6. The Labute approximate surface area is 146 Å². The number of ether oxygens (including phenoxy) is 1. The van der Waals surface area contributed by atoms with Gasteiger partial charge in [0.05, 0.1) is 27.9 Å². The Morgan fingerprint density at radius 3 is 2.25 bits per heavy atom. The average molecular weight is 381 g/mol. The molecule has 2 aromatic rings. The molecule has 9 heteroatoms. The quantitative estimate of drug-likeness (QED) is 0.705. The maximum absolute atomic E-state index is 12.8. The van der Waals surface area contributed by atoms with Crippen LogP contribution in [0.2, 0.25) is 10.0 Å². The summed E-state index contributed by atoms with van der Waals surface area (Å²) < 4.78 is 44.6. The number of benzene rings is 1. The predicted molar refractivity (Wildman–Crippen MR) is 83.9 cm³/mol. The summed E-state index contributed by atoms with van der Waals surface area (Å²) in [6, 6.07) is 2.97. The van der Waals surface area contributed by atoms with Crippen molar-refractivity contribution in [3.05, 3.63) is 45.2 Å². The maximum Gasteiger partial charge on any atom is 0.416 e. The average Bonchev–Trinajstić information content (AvgIpc) is 2.90. The van der Waals surface area contributed by atoms with Gasteiger partial charge in [-0.05, 0) is 31.5 Å². The molecule has 0 saturated carbocycles. The molecule has 0 N–H and O–H groups in total. The summed E-state index contributed by atoms with van der Waals surface area (Å²) in [6.45, 7) is 3.59. The van der Waals surface area contributed by atoms with E-state index in [0.717, 1.165) is 16.8 Å². The highest BCUT2D eigenvalue weighted by Crippen LogP contribution is 2.37. The van der Waals surface area contributed by atoms with Crippen LogP contribution in [-0.4, -0.2) is 22.4 Å². The van der Waals surface area contributed by atoms with Crippen LogP contribution in [-0.2, 0) is 17.3 Å². The van der Waals surface area contributed by atoms with Gasteiger partial charge in [0.2, 0.25) is 0 Å². The van der Waals surface area contributed by atoms with Gasteiger partial charge in [0, 0.05) is 0 Å².